The summed E-state index contributed by atoms with van der Waals surface area (Å²) in [6, 6.07) is 7.60. The SMILES string of the molecule is Cc1ccc(NC(=O)[C@@H]2[C@@H](C(=O)O)[C@@H]3C=C[C@H]2C32CC2)cc1. The van der Waals surface area contributed by atoms with E-state index in [1.54, 1.807) is 0 Å². The third-order valence-electron chi connectivity index (χ3n) is 5.75. The Hall–Kier alpha value is -2.10. The van der Waals surface area contributed by atoms with E-state index in [4.69, 9.17) is 0 Å². The highest BCUT2D eigenvalue weighted by molar-refractivity contribution is 5.96. The number of amides is 1. The van der Waals surface area contributed by atoms with Crippen molar-refractivity contribution in [2.75, 3.05) is 5.32 Å². The van der Waals surface area contributed by atoms with E-state index in [0.29, 0.717) is 0 Å². The van der Waals surface area contributed by atoms with Crippen LogP contribution in [0.15, 0.2) is 36.4 Å². The molecule has 0 radical (unpaired) electrons. The quantitative estimate of drug-likeness (QED) is 0.843. The minimum atomic E-state index is -0.841. The molecular formula is C18H19NO3. The van der Waals surface area contributed by atoms with Crippen molar-refractivity contribution in [1.29, 1.82) is 0 Å². The maximum atomic E-state index is 12.7. The van der Waals surface area contributed by atoms with Gasteiger partial charge in [0, 0.05) is 5.69 Å². The first kappa shape index (κ1) is 13.6. The number of benzene rings is 1. The van der Waals surface area contributed by atoms with Gasteiger partial charge in [0.1, 0.15) is 0 Å². The fourth-order valence-electron chi connectivity index (χ4n) is 4.55. The van der Waals surface area contributed by atoms with E-state index in [-0.39, 0.29) is 23.2 Å². The van der Waals surface area contributed by atoms with Gasteiger partial charge in [0.15, 0.2) is 0 Å². The maximum absolute atomic E-state index is 12.7. The summed E-state index contributed by atoms with van der Waals surface area (Å²) >= 11 is 0. The standard InChI is InChI=1S/C18H19NO3/c1-10-2-4-11(5-3-10)19-16(20)14-12-6-7-13(15(14)17(21)22)18(12)8-9-18/h2-7,12-15H,8-9H2,1H3,(H,19,20)(H,21,22)/t12-,13+,14+,15+/m1/s1. The molecule has 3 aliphatic rings. The van der Waals surface area contributed by atoms with Gasteiger partial charge >= 0.3 is 5.97 Å². The average molecular weight is 297 g/mol. The van der Waals surface area contributed by atoms with Crippen molar-refractivity contribution in [3.8, 4) is 0 Å². The summed E-state index contributed by atoms with van der Waals surface area (Å²) in [5.41, 5.74) is 1.93. The molecular weight excluding hydrogens is 278 g/mol. The fourth-order valence-corrected chi connectivity index (χ4v) is 4.55. The van der Waals surface area contributed by atoms with Gasteiger partial charge in [-0.15, -0.1) is 0 Å². The number of rotatable bonds is 3. The number of aryl methyl sites for hydroxylation is 1. The number of nitrogens with one attached hydrogen (secondary N) is 1. The zero-order valence-corrected chi connectivity index (χ0v) is 12.5. The number of carboxylic acids is 1. The van der Waals surface area contributed by atoms with Crippen molar-refractivity contribution in [3.05, 3.63) is 42.0 Å². The molecule has 0 aromatic heterocycles. The molecule has 1 spiro atoms. The lowest BCUT2D eigenvalue weighted by molar-refractivity contribution is -0.146. The van der Waals surface area contributed by atoms with Crippen LogP contribution in [0.4, 0.5) is 5.69 Å². The molecule has 4 rings (SSSR count). The lowest BCUT2D eigenvalue weighted by atomic mass is 9.82. The highest BCUT2D eigenvalue weighted by atomic mass is 16.4. The fraction of sp³-hybridized carbons (Fsp3) is 0.444. The smallest absolute Gasteiger partial charge is 0.307 e. The Labute approximate surface area is 129 Å². The maximum Gasteiger partial charge on any atom is 0.307 e. The predicted octanol–water partition coefficient (Wildman–Crippen LogP) is 2.85. The van der Waals surface area contributed by atoms with Crippen molar-refractivity contribution in [1.82, 2.24) is 0 Å². The molecule has 4 atom stereocenters. The Morgan fingerprint density at radius 3 is 2.23 bits per heavy atom. The lowest BCUT2D eigenvalue weighted by Gasteiger charge is -2.23. The molecule has 0 heterocycles. The van der Waals surface area contributed by atoms with Crippen LogP contribution in [0.1, 0.15) is 18.4 Å². The summed E-state index contributed by atoms with van der Waals surface area (Å²) in [6.07, 6.45) is 6.21. The molecule has 4 heteroatoms. The number of carboxylic acid groups (broad SMARTS) is 1. The van der Waals surface area contributed by atoms with Gasteiger partial charge in [-0.05, 0) is 49.1 Å². The van der Waals surface area contributed by atoms with Gasteiger partial charge < -0.3 is 10.4 Å². The van der Waals surface area contributed by atoms with Crippen molar-refractivity contribution in [3.63, 3.8) is 0 Å². The first-order valence-corrected chi connectivity index (χ1v) is 7.82. The van der Waals surface area contributed by atoms with Gasteiger partial charge in [0.25, 0.3) is 0 Å². The highest BCUT2D eigenvalue weighted by Gasteiger charge is 2.70. The van der Waals surface area contributed by atoms with Gasteiger partial charge in [0.2, 0.25) is 5.91 Å². The number of hydrogen-bond acceptors (Lipinski definition) is 2. The third kappa shape index (κ3) is 1.76. The van der Waals surface area contributed by atoms with E-state index in [9.17, 15) is 14.7 Å². The molecule has 2 fully saturated rings. The van der Waals surface area contributed by atoms with Gasteiger partial charge in [-0.25, -0.2) is 0 Å². The summed E-state index contributed by atoms with van der Waals surface area (Å²) in [6.45, 7) is 1.99. The second-order valence-corrected chi connectivity index (χ2v) is 6.91. The Bertz CT molecular complexity index is 672. The number of allylic oxidation sites excluding steroid dienone is 2. The van der Waals surface area contributed by atoms with Gasteiger partial charge in [0.05, 0.1) is 11.8 Å². The number of carbonyl (C=O) groups excluding carboxylic acids is 1. The van der Waals surface area contributed by atoms with E-state index in [1.807, 2.05) is 37.3 Å². The molecule has 1 aromatic rings. The molecule has 1 aromatic carbocycles. The zero-order valence-electron chi connectivity index (χ0n) is 12.5. The Balaban J connectivity index is 1.60. The Morgan fingerprint density at radius 1 is 1.09 bits per heavy atom. The minimum absolute atomic E-state index is 0.0313. The van der Waals surface area contributed by atoms with Crippen LogP contribution in [-0.2, 0) is 9.59 Å². The zero-order chi connectivity index (χ0) is 15.5. The van der Waals surface area contributed by atoms with Crippen LogP contribution in [0.5, 0.6) is 0 Å². The van der Waals surface area contributed by atoms with Gasteiger partial charge in [-0.1, -0.05) is 29.8 Å². The van der Waals surface area contributed by atoms with Crippen LogP contribution < -0.4 is 5.32 Å². The molecule has 2 saturated carbocycles. The van der Waals surface area contributed by atoms with Gasteiger partial charge in [-0.3, -0.25) is 9.59 Å². The number of aliphatic carboxylic acids is 1. The normalized spacial score (nSPS) is 33.1. The molecule has 4 nitrogen and oxygen atoms in total. The Kier molecular flexibility index (Phi) is 2.74. The van der Waals surface area contributed by atoms with Crippen molar-refractivity contribution < 1.29 is 14.7 Å². The topological polar surface area (TPSA) is 66.4 Å². The molecule has 0 aliphatic heterocycles. The average Bonchev–Trinajstić information content (AvgIpc) is 3.15. The van der Waals surface area contributed by atoms with Crippen molar-refractivity contribution in [2.24, 2.45) is 29.1 Å². The van der Waals surface area contributed by atoms with Crippen LogP contribution >= 0.6 is 0 Å². The molecule has 1 amide bonds. The first-order chi connectivity index (χ1) is 10.5. The highest BCUT2D eigenvalue weighted by Crippen LogP contribution is 2.72. The molecule has 0 unspecified atom stereocenters. The van der Waals surface area contributed by atoms with E-state index < -0.39 is 17.8 Å². The van der Waals surface area contributed by atoms with Crippen LogP contribution in [0.25, 0.3) is 0 Å². The van der Waals surface area contributed by atoms with Crippen LogP contribution in [-0.4, -0.2) is 17.0 Å². The summed E-state index contributed by atoms with van der Waals surface area (Å²) in [5.74, 6) is -1.90. The monoisotopic (exact) mass is 297 g/mol. The van der Waals surface area contributed by atoms with Crippen molar-refractivity contribution >= 4 is 17.6 Å². The molecule has 3 aliphatic carbocycles. The molecule has 114 valence electrons. The van der Waals surface area contributed by atoms with E-state index >= 15 is 0 Å². The van der Waals surface area contributed by atoms with E-state index in [1.165, 1.54) is 0 Å². The molecule has 2 N–H and O–H groups in total. The molecule has 22 heavy (non-hydrogen) atoms. The van der Waals surface area contributed by atoms with Crippen LogP contribution in [0.2, 0.25) is 0 Å². The summed E-state index contributed by atoms with van der Waals surface area (Å²) in [4.78, 5) is 24.4. The van der Waals surface area contributed by atoms with Crippen LogP contribution in [0, 0.1) is 36.0 Å². The third-order valence-corrected chi connectivity index (χ3v) is 5.75. The summed E-state index contributed by atoms with van der Waals surface area (Å²) in [7, 11) is 0. The number of anilines is 1. The first-order valence-electron chi connectivity index (χ1n) is 7.82. The minimum Gasteiger partial charge on any atom is -0.481 e. The second kappa shape index (κ2) is 4.45. The number of carbonyl (C=O) groups is 2. The van der Waals surface area contributed by atoms with Crippen LogP contribution in [0.3, 0.4) is 0 Å². The lowest BCUT2D eigenvalue weighted by Crippen LogP contribution is -2.36. The van der Waals surface area contributed by atoms with Crippen molar-refractivity contribution in [2.45, 2.75) is 19.8 Å². The largest absolute Gasteiger partial charge is 0.481 e. The van der Waals surface area contributed by atoms with E-state index in [0.717, 1.165) is 24.1 Å². The van der Waals surface area contributed by atoms with E-state index in [2.05, 4.69) is 11.4 Å². The Morgan fingerprint density at radius 2 is 1.68 bits per heavy atom. The molecule has 2 bridgehead atoms. The molecule has 0 saturated heterocycles. The van der Waals surface area contributed by atoms with Gasteiger partial charge in [-0.2, -0.15) is 0 Å². The summed E-state index contributed by atoms with van der Waals surface area (Å²) in [5, 5.41) is 12.5. The number of hydrogen-bond donors (Lipinski definition) is 2. The second-order valence-electron chi connectivity index (χ2n) is 6.91. The summed E-state index contributed by atoms with van der Waals surface area (Å²) < 4.78 is 0. The predicted molar refractivity (Wildman–Crippen MR) is 82.2 cm³/mol.